The molecule has 1 aliphatic heterocycles. The Labute approximate surface area is 131 Å². The monoisotopic (exact) mass is 317 g/mol. The smallest absolute Gasteiger partial charge is 0.326 e. The molecule has 2 aromatic rings. The van der Waals surface area contributed by atoms with Gasteiger partial charge in [0.25, 0.3) is 5.56 Å². The topological polar surface area (TPSA) is 84.2 Å². The lowest BCUT2D eigenvalue weighted by Gasteiger charge is -2.12. The molecule has 1 unspecified atom stereocenters. The van der Waals surface area contributed by atoms with E-state index in [1.54, 1.807) is 13.0 Å². The second-order valence-electron chi connectivity index (χ2n) is 5.66. The molecule has 0 saturated carbocycles. The number of halogens is 1. The minimum atomic E-state index is -1.02. The van der Waals surface area contributed by atoms with E-state index in [2.05, 4.69) is 10.3 Å². The number of nitrogens with one attached hydrogen (secondary N) is 1. The Balaban J connectivity index is 1.86. The lowest BCUT2D eigenvalue weighted by molar-refractivity contribution is -0.140. The molecule has 23 heavy (non-hydrogen) atoms. The third-order valence-corrected chi connectivity index (χ3v) is 3.91. The fourth-order valence-corrected chi connectivity index (χ4v) is 2.90. The summed E-state index contributed by atoms with van der Waals surface area (Å²) in [6, 6.07) is 3.76. The Morgan fingerprint density at radius 3 is 2.96 bits per heavy atom. The van der Waals surface area contributed by atoms with Gasteiger partial charge in [-0.15, -0.1) is 0 Å². The maximum atomic E-state index is 13.4. The molecule has 0 saturated heterocycles. The van der Waals surface area contributed by atoms with Crippen molar-refractivity contribution in [3.8, 4) is 0 Å². The molecule has 0 spiro atoms. The third-order valence-electron chi connectivity index (χ3n) is 3.91. The lowest BCUT2D eigenvalue weighted by atomic mass is 10.1. The highest BCUT2D eigenvalue weighted by atomic mass is 19.1. The van der Waals surface area contributed by atoms with Crippen LogP contribution in [-0.4, -0.2) is 20.6 Å². The van der Waals surface area contributed by atoms with Gasteiger partial charge in [0, 0.05) is 18.4 Å². The molecule has 3 rings (SSSR count). The van der Waals surface area contributed by atoms with E-state index in [0.717, 1.165) is 5.56 Å². The Hall–Kier alpha value is -2.70. The van der Waals surface area contributed by atoms with Crippen LogP contribution in [0, 0.1) is 12.7 Å². The summed E-state index contributed by atoms with van der Waals surface area (Å²) in [5.41, 5.74) is 1.63. The molecule has 1 atom stereocenters. The quantitative estimate of drug-likeness (QED) is 0.899. The van der Waals surface area contributed by atoms with Gasteiger partial charge >= 0.3 is 5.97 Å². The standard InChI is InChI=1S/C16H16FN3O3/c1-9-4-10(6-11(17)5-9)7-18-14-15(21)20-12(8-19-14)2-3-13(20)16(22)23/h4-6,8,13H,2-3,7H2,1H3,(H,18,19)(H,22,23). The first-order chi connectivity index (χ1) is 11.0. The van der Waals surface area contributed by atoms with Crippen LogP contribution in [0.4, 0.5) is 10.2 Å². The first-order valence-electron chi connectivity index (χ1n) is 7.29. The Bertz CT molecular complexity index is 812. The molecule has 0 fully saturated rings. The number of fused-ring (bicyclic) bond motifs is 1. The summed E-state index contributed by atoms with van der Waals surface area (Å²) in [5.74, 6) is -1.29. The SMILES string of the molecule is Cc1cc(F)cc(CNc2ncc3n(c2=O)C(C(=O)O)CC3)c1. The molecule has 6 nitrogen and oxygen atoms in total. The van der Waals surface area contributed by atoms with Gasteiger partial charge < -0.3 is 10.4 Å². The Kier molecular flexibility index (Phi) is 3.85. The number of anilines is 1. The van der Waals surface area contributed by atoms with Crippen LogP contribution in [0.25, 0.3) is 0 Å². The molecule has 1 aliphatic rings. The molecule has 120 valence electrons. The van der Waals surface area contributed by atoms with Gasteiger partial charge in [-0.2, -0.15) is 0 Å². The number of rotatable bonds is 4. The predicted octanol–water partition coefficient (Wildman–Crippen LogP) is 1.87. The van der Waals surface area contributed by atoms with Crippen LogP contribution in [0.1, 0.15) is 29.3 Å². The van der Waals surface area contributed by atoms with E-state index in [1.165, 1.54) is 22.9 Å². The first-order valence-corrected chi connectivity index (χ1v) is 7.29. The van der Waals surface area contributed by atoms with Crippen LogP contribution in [-0.2, 0) is 17.8 Å². The largest absolute Gasteiger partial charge is 0.480 e. The number of benzene rings is 1. The van der Waals surface area contributed by atoms with E-state index in [4.69, 9.17) is 0 Å². The molecular formula is C16H16FN3O3. The van der Waals surface area contributed by atoms with E-state index >= 15 is 0 Å². The zero-order valence-corrected chi connectivity index (χ0v) is 12.5. The lowest BCUT2D eigenvalue weighted by Crippen LogP contribution is -2.30. The van der Waals surface area contributed by atoms with Crippen molar-refractivity contribution in [1.29, 1.82) is 0 Å². The maximum absolute atomic E-state index is 13.4. The first kappa shape index (κ1) is 15.2. The summed E-state index contributed by atoms with van der Waals surface area (Å²) in [7, 11) is 0. The van der Waals surface area contributed by atoms with Crippen molar-refractivity contribution < 1.29 is 14.3 Å². The zero-order chi connectivity index (χ0) is 16.6. The minimum Gasteiger partial charge on any atom is -0.480 e. The highest BCUT2D eigenvalue weighted by Crippen LogP contribution is 2.23. The number of nitrogens with zero attached hydrogens (tertiary/aromatic N) is 2. The van der Waals surface area contributed by atoms with Gasteiger partial charge in [-0.1, -0.05) is 6.07 Å². The van der Waals surface area contributed by atoms with Gasteiger partial charge in [0.1, 0.15) is 11.9 Å². The second kappa shape index (κ2) is 5.83. The van der Waals surface area contributed by atoms with Crippen LogP contribution in [0.15, 0.2) is 29.2 Å². The van der Waals surface area contributed by atoms with Crippen molar-refractivity contribution in [3.63, 3.8) is 0 Å². The maximum Gasteiger partial charge on any atom is 0.326 e. The summed E-state index contributed by atoms with van der Waals surface area (Å²) in [6.07, 6.45) is 2.42. The number of carboxylic acid groups (broad SMARTS) is 1. The fourth-order valence-electron chi connectivity index (χ4n) is 2.90. The average molecular weight is 317 g/mol. The highest BCUT2D eigenvalue weighted by Gasteiger charge is 2.30. The van der Waals surface area contributed by atoms with E-state index in [9.17, 15) is 19.1 Å². The minimum absolute atomic E-state index is 0.0730. The van der Waals surface area contributed by atoms with Crippen LogP contribution in [0.5, 0.6) is 0 Å². The highest BCUT2D eigenvalue weighted by molar-refractivity contribution is 5.72. The number of aliphatic carboxylic acids is 1. The number of carbonyl (C=O) groups is 1. The second-order valence-corrected chi connectivity index (χ2v) is 5.66. The van der Waals surface area contributed by atoms with Gasteiger partial charge in [0.2, 0.25) is 0 Å². The fraction of sp³-hybridized carbons (Fsp3) is 0.312. The van der Waals surface area contributed by atoms with Crippen LogP contribution in [0.2, 0.25) is 0 Å². The average Bonchev–Trinajstić information content (AvgIpc) is 2.90. The Morgan fingerprint density at radius 1 is 1.48 bits per heavy atom. The van der Waals surface area contributed by atoms with Crippen molar-refractivity contribution in [2.24, 2.45) is 0 Å². The van der Waals surface area contributed by atoms with Crippen LogP contribution >= 0.6 is 0 Å². The van der Waals surface area contributed by atoms with Crippen molar-refractivity contribution in [2.75, 3.05) is 5.32 Å². The predicted molar refractivity (Wildman–Crippen MR) is 82.0 cm³/mol. The van der Waals surface area contributed by atoms with E-state index in [0.29, 0.717) is 24.1 Å². The number of carboxylic acids is 1. The molecule has 2 heterocycles. The van der Waals surface area contributed by atoms with Crippen molar-refractivity contribution >= 4 is 11.8 Å². The molecule has 7 heteroatoms. The molecule has 0 bridgehead atoms. The van der Waals surface area contributed by atoms with Gasteiger partial charge in [-0.3, -0.25) is 9.36 Å². The third kappa shape index (κ3) is 2.94. The summed E-state index contributed by atoms with van der Waals surface area (Å²) < 4.78 is 14.7. The molecule has 0 radical (unpaired) electrons. The van der Waals surface area contributed by atoms with Gasteiger partial charge in [0.15, 0.2) is 5.82 Å². The normalized spacial score (nSPS) is 16.2. The van der Waals surface area contributed by atoms with Crippen molar-refractivity contribution in [2.45, 2.75) is 32.4 Å². The summed E-state index contributed by atoms with van der Waals surface area (Å²) in [6.45, 7) is 2.02. The molecule has 2 N–H and O–H groups in total. The van der Waals surface area contributed by atoms with Gasteiger partial charge in [-0.25, -0.2) is 14.2 Å². The number of aryl methyl sites for hydroxylation is 2. The van der Waals surface area contributed by atoms with E-state index < -0.39 is 17.6 Å². The van der Waals surface area contributed by atoms with Gasteiger partial charge in [0.05, 0.1) is 0 Å². The van der Waals surface area contributed by atoms with Crippen molar-refractivity contribution in [1.82, 2.24) is 9.55 Å². The molecule has 0 aliphatic carbocycles. The number of hydrogen-bond acceptors (Lipinski definition) is 4. The van der Waals surface area contributed by atoms with E-state index in [1.807, 2.05) is 0 Å². The molecule has 0 amide bonds. The molecule has 1 aromatic heterocycles. The number of hydrogen-bond donors (Lipinski definition) is 2. The molecule has 1 aromatic carbocycles. The number of aromatic nitrogens is 2. The van der Waals surface area contributed by atoms with Crippen LogP contribution in [0.3, 0.4) is 0 Å². The Morgan fingerprint density at radius 2 is 2.26 bits per heavy atom. The summed E-state index contributed by atoms with van der Waals surface area (Å²) in [5, 5.41) is 12.1. The zero-order valence-electron chi connectivity index (χ0n) is 12.5. The molecular weight excluding hydrogens is 301 g/mol. The van der Waals surface area contributed by atoms with Crippen molar-refractivity contribution in [3.05, 3.63) is 57.4 Å². The van der Waals surface area contributed by atoms with Crippen LogP contribution < -0.4 is 10.9 Å². The van der Waals surface area contributed by atoms with E-state index in [-0.39, 0.29) is 18.2 Å². The van der Waals surface area contributed by atoms with Gasteiger partial charge in [-0.05, 0) is 43.0 Å². The summed E-state index contributed by atoms with van der Waals surface area (Å²) in [4.78, 5) is 27.7. The summed E-state index contributed by atoms with van der Waals surface area (Å²) >= 11 is 0.